The minimum Gasteiger partial charge on any atom is -0.349 e. The first-order valence-corrected chi connectivity index (χ1v) is 5.38. The third-order valence-corrected chi connectivity index (χ3v) is 2.31. The average Bonchev–Trinajstić information content (AvgIpc) is 2.21. The lowest BCUT2D eigenvalue weighted by molar-refractivity contribution is -0.121. The monoisotopic (exact) mass is 247 g/mol. The van der Waals surface area contributed by atoms with E-state index < -0.39 is 17.7 Å². The number of nitrogens with one attached hydrogen (secondary N) is 1. The maximum absolute atomic E-state index is 13.3. The number of amides is 1. The van der Waals surface area contributed by atoms with Crippen molar-refractivity contribution in [1.29, 1.82) is 0 Å². The van der Waals surface area contributed by atoms with Gasteiger partial charge in [0, 0.05) is 17.9 Å². The molecule has 0 radical (unpaired) electrons. The fourth-order valence-electron chi connectivity index (χ4n) is 1.32. The molecule has 2 nitrogen and oxygen atoms in total. The van der Waals surface area contributed by atoms with Crippen LogP contribution in [0.2, 0.25) is 0 Å². The van der Waals surface area contributed by atoms with Gasteiger partial charge in [-0.3, -0.25) is 4.79 Å². The Hall–Kier alpha value is -1.16. The minimum atomic E-state index is -0.577. The van der Waals surface area contributed by atoms with Crippen molar-refractivity contribution >= 4 is 17.5 Å². The Morgan fingerprint density at radius 3 is 2.81 bits per heavy atom. The normalized spacial score (nSPS) is 12.2. The van der Waals surface area contributed by atoms with Gasteiger partial charge >= 0.3 is 0 Å². The summed E-state index contributed by atoms with van der Waals surface area (Å²) in [4.78, 5) is 11.2. The van der Waals surface area contributed by atoms with Gasteiger partial charge in [-0.2, -0.15) is 0 Å². The van der Waals surface area contributed by atoms with Crippen molar-refractivity contribution in [3.8, 4) is 0 Å². The van der Waals surface area contributed by atoms with Gasteiger partial charge in [-0.1, -0.05) is 0 Å². The molecule has 1 atom stereocenters. The van der Waals surface area contributed by atoms with E-state index in [1.807, 2.05) is 0 Å². The highest BCUT2D eigenvalue weighted by atomic mass is 35.5. The summed E-state index contributed by atoms with van der Waals surface area (Å²) >= 11 is 5.39. The molecule has 1 N–H and O–H groups in total. The minimum absolute atomic E-state index is 0.128. The number of carbonyl (C=O) groups is 1. The lowest BCUT2D eigenvalue weighted by Gasteiger charge is -2.14. The molecule has 88 valence electrons. The molecule has 1 amide bonds. The molecular weight excluding hydrogens is 236 g/mol. The molecular formula is C11H12ClF2NO. The average molecular weight is 248 g/mol. The fourth-order valence-corrected chi connectivity index (χ4v) is 1.50. The summed E-state index contributed by atoms with van der Waals surface area (Å²) in [6.45, 7) is 1.59. The van der Waals surface area contributed by atoms with Crippen molar-refractivity contribution in [3.63, 3.8) is 0 Å². The number of carbonyl (C=O) groups excluding carboxylic acids is 1. The summed E-state index contributed by atoms with van der Waals surface area (Å²) in [5.41, 5.74) is 0.128. The van der Waals surface area contributed by atoms with E-state index in [1.165, 1.54) is 0 Å². The second-order valence-electron chi connectivity index (χ2n) is 3.39. The van der Waals surface area contributed by atoms with Crippen LogP contribution in [0, 0.1) is 11.6 Å². The number of rotatable bonds is 4. The molecule has 16 heavy (non-hydrogen) atoms. The molecule has 1 unspecified atom stereocenters. The van der Waals surface area contributed by atoms with Crippen molar-refractivity contribution in [3.05, 3.63) is 35.4 Å². The Morgan fingerprint density at radius 1 is 1.50 bits per heavy atom. The standard InChI is InChI=1S/C11H12ClF2NO/c1-7(15-11(16)4-5-12)9-6-8(13)2-3-10(9)14/h2-3,6-7H,4-5H2,1H3,(H,15,16). The molecule has 0 saturated heterocycles. The van der Waals surface area contributed by atoms with Crippen LogP contribution >= 0.6 is 11.6 Å². The SMILES string of the molecule is CC(NC(=O)CCCl)c1cc(F)ccc1F. The third kappa shape index (κ3) is 3.45. The number of hydrogen-bond acceptors (Lipinski definition) is 1. The second kappa shape index (κ2) is 5.80. The number of alkyl halides is 1. The number of benzene rings is 1. The zero-order chi connectivity index (χ0) is 12.1. The molecule has 0 aliphatic heterocycles. The predicted octanol–water partition coefficient (Wildman–Crippen LogP) is 2.77. The van der Waals surface area contributed by atoms with Crippen molar-refractivity contribution in [2.24, 2.45) is 0 Å². The van der Waals surface area contributed by atoms with Crippen LogP contribution in [0.4, 0.5) is 8.78 Å². The van der Waals surface area contributed by atoms with E-state index in [9.17, 15) is 13.6 Å². The van der Waals surface area contributed by atoms with Gasteiger partial charge in [0.2, 0.25) is 5.91 Å². The largest absolute Gasteiger partial charge is 0.349 e. The van der Waals surface area contributed by atoms with E-state index in [-0.39, 0.29) is 23.8 Å². The van der Waals surface area contributed by atoms with Gasteiger partial charge < -0.3 is 5.32 Å². The maximum Gasteiger partial charge on any atom is 0.221 e. The summed E-state index contributed by atoms with van der Waals surface area (Å²) in [6.07, 6.45) is 0.156. The highest BCUT2D eigenvalue weighted by Crippen LogP contribution is 2.17. The van der Waals surface area contributed by atoms with E-state index in [4.69, 9.17) is 11.6 Å². The van der Waals surface area contributed by atoms with Gasteiger partial charge in [0.25, 0.3) is 0 Å². The van der Waals surface area contributed by atoms with Crippen LogP contribution in [0.3, 0.4) is 0 Å². The van der Waals surface area contributed by atoms with E-state index in [0.29, 0.717) is 0 Å². The summed E-state index contributed by atoms with van der Waals surface area (Å²) in [7, 11) is 0. The maximum atomic E-state index is 13.3. The van der Waals surface area contributed by atoms with Crippen LogP contribution in [0.5, 0.6) is 0 Å². The lowest BCUT2D eigenvalue weighted by atomic mass is 10.1. The zero-order valence-corrected chi connectivity index (χ0v) is 9.52. The first-order valence-electron chi connectivity index (χ1n) is 4.85. The lowest BCUT2D eigenvalue weighted by Crippen LogP contribution is -2.27. The zero-order valence-electron chi connectivity index (χ0n) is 8.77. The van der Waals surface area contributed by atoms with Crippen LogP contribution in [0.1, 0.15) is 24.9 Å². The Bertz CT molecular complexity index is 384. The van der Waals surface area contributed by atoms with Crippen LogP contribution < -0.4 is 5.32 Å². The summed E-state index contributed by atoms with van der Waals surface area (Å²) in [5.74, 6) is -1.16. The van der Waals surface area contributed by atoms with Crippen molar-refractivity contribution in [2.45, 2.75) is 19.4 Å². The van der Waals surface area contributed by atoms with Crippen LogP contribution in [-0.2, 0) is 4.79 Å². The third-order valence-electron chi connectivity index (χ3n) is 2.12. The van der Waals surface area contributed by atoms with Crippen molar-refractivity contribution < 1.29 is 13.6 Å². The van der Waals surface area contributed by atoms with Gasteiger partial charge in [0.05, 0.1) is 6.04 Å². The van der Waals surface area contributed by atoms with Gasteiger partial charge in [-0.25, -0.2) is 8.78 Å². The predicted molar refractivity (Wildman–Crippen MR) is 58.3 cm³/mol. The molecule has 5 heteroatoms. The number of hydrogen-bond donors (Lipinski definition) is 1. The summed E-state index contributed by atoms with van der Waals surface area (Å²) < 4.78 is 26.2. The van der Waals surface area contributed by atoms with Crippen LogP contribution in [0.25, 0.3) is 0 Å². The Morgan fingerprint density at radius 2 is 2.19 bits per heavy atom. The first kappa shape index (κ1) is 12.9. The van der Waals surface area contributed by atoms with Crippen molar-refractivity contribution in [1.82, 2.24) is 5.32 Å². The molecule has 1 aromatic carbocycles. The molecule has 0 aliphatic rings. The van der Waals surface area contributed by atoms with Gasteiger partial charge in [-0.05, 0) is 25.1 Å². The summed E-state index contributed by atoms with van der Waals surface area (Å²) in [5, 5.41) is 2.54. The fraction of sp³-hybridized carbons (Fsp3) is 0.364. The molecule has 1 aromatic rings. The molecule has 1 rings (SSSR count). The number of halogens is 3. The highest BCUT2D eigenvalue weighted by molar-refractivity contribution is 6.18. The smallest absolute Gasteiger partial charge is 0.221 e. The van der Waals surface area contributed by atoms with Crippen molar-refractivity contribution in [2.75, 3.05) is 5.88 Å². The van der Waals surface area contributed by atoms with E-state index in [2.05, 4.69) is 5.32 Å². The Balaban J connectivity index is 2.76. The summed E-state index contributed by atoms with van der Waals surface area (Å²) in [6, 6.07) is 2.56. The van der Waals surface area contributed by atoms with Crippen LogP contribution in [0.15, 0.2) is 18.2 Å². The first-order chi connectivity index (χ1) is 7.54. The molecule has 0 heterocycles. The van der Waals surface area contributed by atoms with Gasteiger partial charge in [-0.15, -0.1) is 11.6 Å². The Kier molecular flexibility index (Phi) is 4.68. The highest BCUT2D eigenvalue weighted by Gasteiger charge is 2.13. The van der Waals surface area contributed by atoms with E-state index >= 15 is 0 Å². The van der Waals surface area contributed by atoms with Gasteiger partial charge in [0.15, 0.2) is 0 Å². The molecule has 0 fully saturated rings. The van der Waals surface area contributed by atoms with Gasteiger partial charge in [0.1, 0.15) is 11.6 Å². The molecule has 0 aromatic heterocycles. The van der Waals surface area contributed by atoms with E-state index in [1.54, 1.807) is 6.92 Å². The molecule has 0 aliphatic carbocycles. The quantitative estimate of drug-likeness (QED) is 0.815. The molecule has 0 bridgehead atoms. The van der Waals surface area contributed by atoms with Crippen LogP contribution in [-0.4, -0.2) is 11.8 Å². The topological polar surface area (TPSA) is 29.1 Å². The molecule has 0 saturated carbocycles. The second-order valence-corrected chi connectivity index (χ2v) is 3.77. The van der Waals surface area contributed by atoms with E-state index in [0.717, 1.165) is 18.2 Å². The molecule has 0 spiro atoms. The Labute approximate surface area is 97.6 Å².